The predicted octanol–water partition coefficient (Wildman–Crippen LogP) is 2.74. The van der Waals surface area contributed by atoms with Gasteiger partial charge in [0.2, 0.25) is 0 Å². The molecule has 0 saturated heterocycles. The summed E-state index contributed by atoms with van der Waals surface area (Å²) in [5, 5.41) is 0. The van der Waals surface area contributed by atoms with E-state index in [0.717, 1.165) is 6.42 Å². The van der Waals surface area contributed by atoms with Crippen LogP contribution < -0.4 is 0 Å². The van der Waals surface area contributed by atoms with Crippen LogP contribution in [-0.4, -0.2) is 29.6 Å². The lowest BCUT2D eigenvalue weighted by molar-refractivity contribution is -0.215. The minimum Gasteiger partial charge on any atom is -0.458 e. The van der Waals surface area contributed by atoms with E-state index in [1.54, 1.807) is 0 Å². The van der Waals surface area contributed by atoms with Crippen LogP contribution in [0.3, 0.4) is 0 Å². The number of carbonyl (C=O) groups excluding carboxylic acids is 2. The summed E-state index contributed by atoms with van der Waals surface area (Å²) in [6, 6.07) is 0. The quantitative estimate of drug-likeness (QED) is 0.747. The molecule has 20 heavy (non-hydrogen) atoms. The Hall–Kier alpha value is -0.900. The number of fused-ring (bicyclic) bond motifs is 2. The molecule has 3 atom stereocenters. The number of rotatable bonds is 3. The van der Waals surface area contributed by atoms with E-state index in [9.17, 15) is 9.59 Å². The first-order valence-corrected chi connectivity index (χ1v) is 7.36. The second kappa shape index (κ2) is 4.55. The van der Waals surface area contributed by atoms with Crippen LogP contribution >= 0.6 is 0 Å². The maximum atomic E-state index is 12.3. The van der Waals surface area contributed by atoms with E-state index in [1.807, 2.05) is 27.7 Å². The molecule has 0 aromatic heterocycles. The lowest BCUT2D eigenvalue weighted by atomic mass is 9.44. The lowest BCUT2D eigenvalue weighted by Gasteiger charge is -2.62. The molecule has 3 rings (SSSR count). The van der Waals surface area contributed by atoms with Crippen molar-refractivity contribution in [2.24, 2.45) is 17.3 Å². The fourth-order valence-electron chi connectivity index (χ4n) is 3.68. The maximum absolute atomic E-state index is 12.3. The van der Waals surface area contributed by atoms with E-state index in [0.29, 0.717) is 12.3 Å². The summed E-state index contributed by atoms with van der Waals surface area (Å²) in [6.45, 7) is 11.5. The highest BCUT2D eigenvalue weighted by atomic mass is 16.6. The molecule has 3 fully saturated rings. The van der Waals surface area contributed by atoms with E-state index < -0.39 is 17.2 Å². The highest BCUT2D eigenvalue weighted by molar-refractivity contribution is 5.90. The fourth-order valence-corrected chi connectivity index (χ4v) is 3.68. The molecule has 0 aromatic rings. The summed E-state index contributed by atoms with van der Waals surface area (Å²) in [5.74, 6) is 0.384. The van der Waals surface area contributed by atoms with Gasteiger partial charge in [-0.3, -0.25) is 4.79 Å². The number of ether oxygens (including phenoxy) is 2. The largest absolute Gasteiger partial charge is 0.458 e. The third kappa shape index (κ3) is 2.50. The Balaban J connectivity index is 2.00. The molecule has 0 heterocycles. The van der Waals surface area contributed by atoms with Gasteiger partial charge in [-0.25, -0.2) is 4.79 Å². The summed E-state index contributed by atoms with van der Waals surface area (Å²) in [4.78, 5) is 24.0. The molecule has 0 aliphatic heterocycles. The van der Waals surface area contributed by atoms with Gasteiger partial charge in [-0.15, -0.1) is 0 Å². The average Bonchev–Trinajstić information content (AvgIpc) is 2.27. The van der Waals surface area contributed by atoms with Gasteiger partial charge in [0.15, 0.2) is 5.78 Å². The molecule has 3 aliphatic rings. The van der Waals surface area contributed by atoms with Gasteiger partial charge in [0.25, 0.3) is 0 Å². The van der Waals surface area contributed by atoms with Crippen LogP contribution in [0.4, 0.5) is 0 Å². The Morgan fingerprint density at radius 1 is 1.30 bits per heavy atom. The van der Waals surface area contributed by atoms with Crippen molar-refractivity contribution in [2.75, 3.05) is 6.61 Å². The van der Waals surface area contributed by atoms with Crippen molar-refractivity contribution in [2.45, 2.75) is 65.6 Å². The highest BCUT2D eigenvalue weighted by Gasteiger charge is 2.64. The van der Waals surface area contributed by atoms with Crippen LogP contribution in [-0.2, 0) is 19.1 Å². The molecule has 0 radical (unpaired) electrons. The Bertz CT molecular complexity index is 432. The monoisotopic (exact) mass is 282 g/mol. The average molecular weight is 282 g/mol. The van der Waals surface area contributed by atoms with E-state index in [2.05, 4.69) is 13.8 Å². The molecule has 114 valence electrons. The van der Waals surface area contributed by atoms with Crippen molar-refractivity contribution in [1.82, 2.24) is 0 Å². The Kier molecular flexibility index (Phi) is 3.52. The topological polar surface area (TPSA) is 52.6 Å². The van der Waals surface area contributed by atoms with Gasteiger partial charge in [-0.05, 0) is 45.4 Å². The first-order valence-electron chi connectivity index (χ1n) is 7.36. The molecule has 4 heteroatoms. The second-order valence-electron chi connectivity index (χ2n) is 7.92. The van der Waals surface area contributed by atoms with Gasteiger partial charge in [-0.1, -0.05) is 13.8 Å². The minimum absolute atomic E-state index is 0.122. The van der Waals surface area contributed by atoms with Gasteiger partial charge in [0, 0.05) is 12.3 Å². The zero-order valence-electron chi connectivity index (χ0n) is 13.4. The van der Waals surface area contributed by atoms with Crippen molar-refractivity contribution < 1.29 is 19.1 Å². The number of hydrogen-bond donors (Lipinski definition) is 0. The van der Waals surface area contributed by atoms with Crippen LogP contribution in [0.15, 0.2) is 0 Å². The molecule has 3 unspecified atom stereocenters. The second-order valence-corrected chi connectivity index (χ2v) is 7.92. The van der Waals surface area contributed by atoms with Crippen LogP contribution in [0.5, 0.6) is 0 Å². The van der Waals surface area contributed by atoms with Crippen molar-refractivity contribution >= 4 is 11.8 Å². The molecule has 3 aliphatic carbocycles. The SMILES string of the molecule is CC(C)(C)OC(=O)COC1(C)C(=O)CC2CC1C2(C)C. The summed E-state index contributed by atoms with van der Waals surface area (Å²) < 4.78 is 11.0. The zero-order chi connectivity index (χ0) is 15.3. The van der Waals surface area contributed by atoms with Gasteiger partial charge in [-0.2, -0.15) is 0 Å². The summed E-state index contributed by atoms with van der Waals surface area (Å²) in [6.07, 6.45) is 1.58. The molecule has 4 nitrogen and oxygen atoms in total. The summed E-state index contributed by atoms with van der Waals surface area (Å²) in [5.41, 5.74) is -1.25. The Morgan fingerprint density at radius 3 is 2.40 bits per heavy atom. The van der Waals surface area contributed by atoms with Crippen LogP contribution in [0.1, 0.15) is 54.4 Å². The molecule has 0 N–H and O–H groups in total. The van der Waals surface area contributed by atoms with Gasteiger partial charge in [0.05, 0.1) is 0 Å². The molecule has 0 spiro atoms. The van der Waals surface area contributed by atoms with Crippen molar-refractivity contribution in [1.29, 1.82) is 0 Å². The van der Waals surface area contributed by atoms with Crippen molar-refractivity contribution in [3.8, 4) is 0 Å². The Labute approximate surface area is 121 Å². The molecule has 0 amide bonds. The number of carbonyl (C=O) groups is 2. The third-order valence-electron chi connectivity index (χ3n) is 5.03. The number of esters is 1. The highest BCUT2D eigenvalue weighted by Crippen LogP contribution is 2.62. The number of hydrogen-bond acceptors (Lipinski definition) is 4. The first kappa shape index (κ1) is 15.5. The minimum atomic E-state index is -0.838. The van der Waals surface area contributed by atoms with Gasteiger partial charge >= 0.3 is 5.97 Å². The van der Waals surface area contributed by atoms with Crippen LogP contribution in [0.2, 0.25) is 0 Å². The van der Waals surface area contributed by atoms with Crippen molar-refractivity contribution in [3.63, 3.8) is 0 Å². The maximum Gasteiger partial charge on any atom is 0.332 e. The fraction of sp³-hybridized carbons (Fsp3) is 0.875. The third-order valence-corrected chi connectivity index (χ3v) is 5.03. The zero-order valence-corrected chi connectivity index (χ0v) is 13.4. The Morgan fingerprint density at radius 2 is 1.90 bits per heavy atom. The molecule has 0 aromatic carbocycles. The normalized spacial score (nSPS) is 35.4. The van der Waals surface area contributed by atoms with E-state index in [4.69, 9.17) is 9.47 Å². The van der Waals surface area contributed by atoms with Gasteiger partial charge < -0.3 is 9.47 Å². The van der Waals surface area contributed by atoms with Crippen LogP contribution in [0, 0.1) is 17.3 Å². The summed E-state index contributed by atoms with van der Waals surface area (Å²) >= 11 is 0. The first-order chi connectivity index (χ1) is 8.97. The number of Topliss-reactive ketones (excluding diaryl/α,β-unsaturated/α-hetero) is 1. The predicted molar refractivity (Wildman–Crippen MR) is 75.2 cm³/mol. The van der Waals surface area contributed by atoms with Crippen LogP contribution in [0.25, 0.3) is 0 Å². The molecule has 3 saturated carbocycles. The van der Waals surface area contributed by atoms with E-state index in [-0.39, 0.29) is 23.7 Å². The molecular weight excluding hydrogens is 256 g/mol. The van der Waals surface area contributed by atoms with E-state index >= 15 is 0 Å². The number of ketones is 1. The smallest absolute Gasteiger partial charge is 0.332 e. The molecule has 2 bridgehead atoms. The summed E-state index contributed by atoms with van der Waals surface area (Å²) in [7, 11) is 0. The van der Waals surface area contributed by atoms with E-state index in [1.165, 1.54) is 0 Å². The van der Waals surface area contributed by atoms with Gasteiger partial charge in [0.1, 0.15) is 17.8 Å². The molecular formula is C16H26O4. The standard InChI is InChI=1S/C16H26O4/c1-14(2,3)20-13(18)9-19-16(6)11-7-10(8-12(16)17)15(11,4)5/h10-11H,7-9H2,1-6H3. The lowest BCUT2D eigenvalue weighted by Crippen LogP contribution is -2.66. The van der Waals surface area contributed by atoms with Crippen molar-refractivity contribution in [3.05, 3.63) is 0 Å².